The van der Waals surface area contributed by atoms with Gasteiger partial charge in [0.15, 0.2) is 0 Å². The van der Waals surface area contributed by atoms with Gasteiger partial charge in [-0.25, -0.2) is 0 Å². The first-order valence-corrected chi connectivity index (χ1v) is 5.24. The van der Waals surface area contributed by atoms with Crippen LogP contribution in [0.2, 0.25) is 0 Å². The molecule has 0 heterocycles. The fourth-order valence-corrected chi connectivity index (χ4v) is 1.42. The van der Waals surface area contributed by atoms with Crippen LogP contribution in [0.15, 0.2) is 0 Å². The SMILES string of the molecule is CCCC(NC(CCO)COC)C(=O)O. The second-order valence-corrected chi connectivity index (χ2v) is 3.51. The van der Waals surface area contributed by atoms with Crippen molar-refractivity contribution in [1.29, 1.82) is 0 Å². The van der Waals surface area contributed by atoms with E-state index in [2.05, 4.69) is 5.32 Å². The number of carbonyl (C=O) groups is 1. The number of carboxylic acids is 1. The van der Waals surface area contributed by atoms with Gasteiger partial charge in [0.2, 0.25) is 0 Å². The number of ether oxygens (including phenoxy) is 1. The maximum Gasteiger partial charge on any atom is 0.320 e. The highest BCUT2D eigenvalue weighted by molar-refractivity contribution is 5.73. The molecule has 5 nitrogen and oxygen atoms in total. The van der Waals surface area contributed by atoms with Crippen LogP contribution in [0.1, 0.15) is 26.2 Å². The summed E-state index contributed by atoms with van der Waals surface area (Å²) in [6.45, 7) is 2.38. The summed E-state index contributed by atoms with van der Waals surface area (Å²) in [4.78, 5) is 10.9. The van der Waals surface area contributed by atoms with Gasteiger partial charge in [-0.15, -0.1) is 0 Å². The summed E-state index contributed by atoms with van der Waals surface area (Å²) in [6, 6.07) is -0.658. The number of hydrogen-bond donors (Lipinski definition) is 3. The second kappa shape index (κ2) is 8.64. The van der Waals surface area contributed by atoms with Crippen molar-refractivity contribution in [2.45, 2.75) is 38.3 Å². The zero-order valence-electron chi connectivity index (χ0n) is 9.40. The number of aliphatic hydroxyl groups is 1. The van der Waals surface area contributed by atoms with E-state index >= 15 is 0 Å². The van der Waals surface area contributed by atoms with E-state index in [4.69, 9.17) is 14.9 Å². The minimum atomic E-state index is -0.851. The van der Waals surface area contributed by atoms with Gasteiger partial charge in [0.1, 0.15) is 6.04 Å². The van der Waals surface area contributed by atoms with Crippen LogP contribution < -0.4 is 5.32 Å². The average Bonchev–Trinajstić information content (AvgIpc) is 2.17. The highest BCUT2D eigenvalue weighted by Crippen LogP contribution is 2.01. The summed E-state index contributed by atoms with van der Waals surface area (Å²) < 4.78 is 4.95. The number of aliphatic hydroxyl groups excluding tert-OH is 1. The maximum absolute atomic E-state index is 10.9. The van der Waals surface area contributed by atoms with E-state index in [9.17, 15) is 4.79 Å². The molecule has 0 amide bonds. The van der Waals surface area contributed by atoms with Crippen LogP contribution in [0.5, 0.6) is 0 Å². The number of nitrogens with one attached hydrogen (secondary N) is 1. The Morgan fingerprint density at radius 2 is 2.13 bits per heavy atom. The van der Waals surface area contributed by atoms with E-state index in [1.165, 1.54) is 0 Å². The Balaban J connectivity index is 4.12. The molecule has 0 aromatic carbocycles. The Morgan fingerprint density at radius 3 is 2.53 bits per heavy atom. The Hall–Kier alpha value is -0.650. The fourth-order valence-electron chi connectivity index (χ4n) is 1.42. The van der Waals surface area contributed by atoms with Gasteiger partial charge in [0.05, 0.1) is 6.61 Å². The molecule has 0 aromatic heterocycles. The van der Waals surface area contributed by atoms with E-state index in [1.807, 2.05) is 6.92 Å². The van der Waals surface area contributed by atoms with Gasteiger partial charge < -0.3 is 14.9 Å². The predicted octanol–water partition coefficient (Wildman–Crippen LogP) is 0.227. The van der Waals surface area contributed by atoms with Gasteiger partial charge in [-0.3, -0.25) is 10.1 Å². The van der Waals surface area contributed by atoms with Crippen LogP contribution in [0.3, 0.4) is 0 Å². The van der Waals surface area contributed by atoms with Crippen molar-refractivity contribution in [3.63, 3.8) is 0 Å². The van der Waals surface area contributed by atoms with Crippen molar-refractivity contribution in [1.82, 2.24) is 5.32 Å². The van der Waals surface area contributed by atoms with Gasteiger partial charge >= 0.3 is 5.97 Å². The molecule has 2 unspecified atom stereocenters. The van der Waals surface area contributed by atoms with E-state index in [1.54, 1.807) is 7.11 Å². The fraction of sp³-hybridized carbons (Fsp3) is 0.900. The van der Waals surface area contributed by atoms with Gasteiger partial charge in [-0.1, -0.05) is 13.3 Å². The molecule has 0 saturated heterocycles. The Morgan fingerprint density at radius 1 is 1.47 bits per heavy atom. The standard InChI is InChI=1S/C10H21NO4/c1-3-4-9(10(13)14)11-8(5-6-12)7-15-2/h8-9,11-12H,3-7H2,1-2H3,(H,13,14). The summed E-state index contributed by atoms with van der Waals surface area (Å²) in [7, 11) is 1.56. The van der Waals surface area contributed by atoms with E-state index < -0.39 is 12.0 Å². The monoisotopic (exact) mass is 219 g/mol. The first kappa shape index (κ1) is 14.3. The number of methoxy groups -OCH3 is 1. The molecule has 15 heavy (non-hydrogen) atoms. The normalized spacial score (nSPS) is 14.9. The summed E-state index contributed by atoms with van der Waals surface area (Å²) in [6.07, 6.45) is 1.89. The van der Waals surface area contributed by atoms with Crippen LogP contribution in [0, 0.1) is 0 Å². The first-order chi connectivity index (χ1) is 7.15. The zero-order chi connectivity index (χ0) is 11.7. The highest BCUT2D eigenvalue weighted by Gasteiger charge is 2.20. The molecule has 0 radical (unpaired) electrons. The minimum absolute atomic E-state index is 0.0273. The molecule has 0 fully saturated rings. The lowest BCUT2D eigenvalue weighted by Crippen LogP contribution is -2.45. The van der Waals surface area contributed by atoms with Crippen molar-refractivity contribution in [3.05, 3.63) is 0 Å². The molecule has 0 bridgehead atoms. The van der Waals surface area contributed by atoms with E-state index in [-0.39, 0.29) is 12.6 Å². The van der Waals surface area contributed by atoms with Crippen LogP contribution >= 0.6 is 0 Å². The lowest BCUT2D eigenvalue weighted by molar-refractivity contribution is -0.140. The van der Waals surface area contributed by atoms with Gasteiger partial charge in [0.25, 0.3) is 0 Å². The predicted molar refractivity (Wildman–Crippen MR) is 56.8 cm³/mol. The highest BCUT2D eigenvalue weighted by atomic mass is 16.5. The summed E-state index contributed by atoms with van der Waals surface area (Å²) >= 11 is 0. The average molecular weight is 219 g/mol. The molecule has 2 atom stereocenters. The van der Waals surface area contributed by atoms with Crippen molar-refractivity contribution in [2.24, 2.45) is 0 Å². The maximum atomic E-state index is 10.9. The third kappa shape index (κ3) is 6.43. The lowest BCUT2D eigenvalue weighted by atomic mass is 10.1. The molecule has 0 aromatic rings. The van der Waals surface area contributed by atoms with Crippen LogP contribution in [0.25, 0.3) is 0 Å². The van der Waals surface area contributed by atoms with E-state index in [0.29, 0.717) is 19.4 Å². The molecule has 0 rings (SSSR count). The van der Waals surface area contributed by atoms with Gasteiger partial charge in [-0.2, -0.15) is 0 Å². The van der Waals surface area contributed by atoms with Crippen molar-refractivity contribution in [3.8, 4) is 0 Å². The smallest absolute Gasteiger partial charge is 0.320 e. The molecule has 0 aliphatic rings. The van der Waals surface area contributed by atoms with Crippen LogP contribution in [-0.2, 0) is 9.53 Å². The molecular weight excluding hydrogens is 198 g/mol. The molecule has 3 N–H and O–H groups in total. The lowest BCUT2D eigenvalue weighted by Gasteiger charge is -2.21. The Labute approximate surface area is 90.4 Å². The van der Waals surface area contributed by atoms with Gasteiger partial charge in [-0.05, 0) is 12.8 Å². The second-order valence-electron chi connectivity index (χ2n) is 3.51. The topological polar surface area (TPSA) is 78.8 Å². The van der Waals surface area contributed by atoms with Crippen LogP contribution in [0.4, 0.5) is 0 Å². The Bertz CT molecular complexity index is 169. The molecule has 90 valence electrons. The summed E-state index contributed by atoms with van der Waals surface area (Å²) in [5.41, 5.74) is 0. The molecule has 0 saturated carbocycles. The first-order valence-electron chi connectivity index (χ1n) is 5.24. The van der Waals surface area contributed by atoms with Crippen molar-refractivity contribution in [2.75, 3.05) is 20.3 Å². The quantitative estimate of drug-likeness (QED) is 0.517. The number of rotatable bonds is 9. The largest absolute Gasteiger partial charge is 0.480 e. The minimum Gasteiger partial charge on any atom is -0.480 e. The molecule has 0 aliphatic carbocycles. The van der Waals surface area contributed by atoms with Crippen molar-refractivity contribution < 1.29 is 19.7 Å². The molecule has 0 aliphatic heterocycles. The number of aliphatic carboxylic acids is 1. The number of carboxylic acid groups (broad SMARTS) is 1. The van der Waals surface area contributed by atoms with E-state index in [0.717, 1.165) is 6.42 Å². The third-order valence-corrected chi connectivity index (χ3v) is 2.16. The summed E-state index contributed by atoms with van der Waals surface area (Å²) in [5, 5.41) is 20.7. The molecule has 0 spiro atoms. The van der Waals surface area contributed by atoms with Gasteiger partial charge in [0, 0.05) is 19.8 Å². The Kier molecular flexibility index (Phi) is 8.27. The molecular formula is C10H21NO4. The van der Waals surface area contributed by atoms with Crippen molar-refractivity contribution >= 4 is 5.97 Å². The number of hydrogen-bond acceptors (Lipinski definition) is 4. The van der Waals surface area contributed by atoms with Crippen LogP contribution in [-0.4, -0.2) is 48.6 Å². The molecule has 5 heteroatoms. The summed E-state index contributed by atoms with van der Waals surface area (Å²) in [5.74, 6) is -0.851. The zero-order valence-corrected chi connectivity index (χ0v) is 9.40. The third-order valence-electron chi connectivity index (χ3n) is 2.16.